The van der Waals surface area contributed by atoms with Crippen molar-refractivity contribution in [1.29, 1.82) is 0 Å². The Labute approximate surface area is 181 Å². The molecule has 154 valence electrons. The molecule has 2 aromatic carbocycles. The molecule has 2 amide bonds. The van der Waals surface area contributed by atoms with Gasteiger partial charge in [-0.15, -0.1) is 0 Å². The van der Waals surface area contributed by atoms with Gasteiger partial charge >= 0.3 is 0 Å². The number of carbonyl (C=O) groups excluding carboxylic acids is 2. The minimum atomic E-state index is -0.314. The van der Waals surface area contributed by atoms with E-state index in [1.165, 1.54) is 0 Å². The number of amides is 2. The monoisotopic (exact) mass is 433 g/mol. The number of carbonyl (C=O) groups is 2. The van der Waals surface area contributed by atoms with Crippen LogP contribution in [0.5, 0.6) is 0 Å². The minimum absolute atomic E-state index is 0.0246. The zero-order valence-corrected chi connectivity index (χ0v) is 17.9. The first-order valence-electron chi connectivity index (χ1n) is 9.65. The van der Waals surface area contributed by atoms with Crippen LogP contribution >= 0.6 is 23.2 Å². The van der Waals surface area contributed by atoms with Crippen LogP contribution < -0.4 is 10.7 Å². The number of nitrogens with zero attached hydrogens (tertiary/aromatic N) is 1. The van der Waals surface area contributed by atoms with E-state index in [1.807, 2.05) is 30.3 Å². The van der Waals surface area contributed by atoms with E-state index in [9.17, 15) is 9.59 Å². The molecule has 0 aliphatic rings. The number of hydrogen-bond acceptors (Lipinski definition) is 3. The molecule has 5 nitrogen and oxygen atoms in total. The number of nitrogens with one attached hydrogen (secondary N) is 2. The second-order valence-corrected chi connectivity index (χ2v) is 7.43. The van der Waals surface area contributed by atoms with Crippen LogP contribution in [0.1, 0.15) is 51.0 Å². The Kier molecular flexibility index (Phi) is 9.68. The van der Waals surface area contributed by atoms with Crippen LogP contribution in [0, 0.1) is 0 Å². The first-order chi connectivity index (χ1) is 14.0. The van der Waals surface area contributed by atoms with E-state index in [2.05, 4.69) is 22.8 Å². The predicted octanol–water partition coefficient (Wildman–Crippen LogP) is 5.81. The molecule has 0 fully saturated rings. The van der Waals surface area contributed by atoms with Crippen LogP contribution in [0.3, 0.4) is 0 Å². The molecule has 0 heterocycles. The standard InChI is InChI=1S/C22H25Cl2N3O2/c1-2-3-5-10-19(16-8-6-4-7-9-16)26-27-22(29)14-13-21(28)25-20-12-11-17(23)15-18(20)24/h4,6-9,11-12,15H,2-3,5,10,13-14H2,1H3,(H,25,28)(H,27,29)/b26-19+. The second kappa shape index (κ2) is 12.2. The van der Waals surface area contributed by atoms with E-state index < -0.39 is 0 Å². The van der Waals surface area contributed by atoms with Gasteiger partial charge in [0.1, 0.15) is 0 Å². The van der Waals surface area contributed by atoms with Crippen molar-refractivity contribution in [2.75, 3.05) is 5.32 Å². The lowest BCUT2D eigenvalue weighted by atomic mass is 10.0. The van der Waals surface area contributed by atoms with Crippen LogP contribution in [-0.2, 0) is 9.59 Å². The lowest BCUT2D eigenvalue weighted by Gasteiger charge is -2.08. The van der Waals surface area contributed by atoms with Crippen LogP contribution in [0.4, 0.5) is 5.69 Å². The van der Waals surface area contributed by atoms with Gasteiger partial charge in [0.15, 0.2) is 0 Å². The van der Waals surface area contributed by atoms with Crippen LogP contribution in [0.2, 0.25) is 10.0 Å². The van der Waals surface area contributed by atoms with Gasteiger partial charge < -0.3 is 5.32 Å². The molecule has 2 aromatic rings. The lowest BCUT2D eigenvalue weighted by Crippen LogP contribution is -2.22. The zero-order valence-electron chi connectivity index (χ0n) is 16.4. The Morgan fingerprint density at radius 3 is 2.34 bits per heavy atom. The highest BCUT2D eigenvalue weighted by Gasteiger charge is 2.10. The van der Waals surface area contributed by atoms with Gasteiger partial charge in [0.25, 0.3) is 0 Å². The molecule has 0 aliphatic carbocycles. The molecule has 0 aliphatic heterocycles. The van der Waals surface area contributed by atoms with Crippen molar-refractivity contribution >= 4 is 46.4 Å². The first-order valence-corrected chi connectivity index (χ1v) is 10.4. The SMILES string of the molecule is CCCCC/C(=N\NC(=O)CCC(=O)Nc1ccc(Cl)cc1Cl)c1ccccc1. The Morgan fingerprint density at radius 1 is 0.931 bits per heavy atom. The fraction of sp³-hybridized carbons (Fsp3) is 0.318. The average Bonchev–Trinajstić information content (AvgIpc) is 2.72. The smallest absolute Gasteiger partial charge is 0.240 e. The summed E-state index contributed by atoms with van der Waals surface area (Å²) in [6, 6.07) is 14.6. The van der Waals surface area contributed by atoms with Gasteiger partial charge in [0.2, 0.25) is 11.8 Å². The van der Waals surface area contributed by atoms with E-state index in [4.69, 9.17) is 23.2 Å². The summed E-state index contributed by atoms with van der Waals surface area (Å²) in [7, 11) is 0. The summed E-state index contributed by atoms with van der Waals surface area (Å²) < 4.78 is 0. The van der Waals surface area contributed by atoms with Gasteiger partial charge in [-0.05, 0) is 36.6 Å². The molecule has 2 rings (SSSR count). The predicted molar refractivity (Wildman–Crippen MR) is 120 cm³/mol. The van der Waals surface area contributed by atoms with E-state index >= 15 is 0 Å². The summed E-state index contributed by atoms with van der Waals surface area (Å²) in [5.74, 6) is -0.620. The number of anilines is 1. The molecule has 0 bridgehead atoms. The maximum Gasteiger partial charge on any atom is 0.240 e. The molecule has 0 saturated carbocycles. The molecular weight excluding hydrogens is 409 g/mol. The van der Waals surface area contributed by atoms with Crippen molar-refractivity contribution in [2.45, 2.75) is 45.4 Å². The van der Waals surface area contributed by atoms with Gasteiger partial charge in [0.05, 0.1) is 16.4 Å². The third kappa shape index (κ3) is 8.26. The lowest BCUT2D eigenvalue weighted by molar-refractivity contribution is -0.124. The van der Waals surface area contributed by atoms with E-state index in [-0.39, 0.29) is 24.7 Å². The Hall–Kier alpha value is -2.37. The maximum absolute atomic E-state index is 12.1. The number of benzene rings is 2. The molecule has 0 saturated heterocycles. The quantitative estimate of drug-likeness (QED) is 0.281. The fourth-order valence-corrected chi connectivity index (χ4v) is 3.11. The van der Waals surface area contributed by atoms with Gasteiger partial charge in [-0.3, -0.25) is 9.59 Å². The molecule has 0 aromatic heterocycles. The first kappa shape index (κ1) is 22.9. The molecule has 7 heteroatoms. The molecule has 29 heavy (non-hydrogen) atoms. The topological polar surface area (TPSA) is 70.6 Å². The summed E-state index contributed by atoms with van der Waals surface area (Å²) in [6.07, 6.45) is 4.06. The Bertz CT molecular complexity index is 854. The average molecular weight is 434 g/mol. The third-order valence-electron chi connectivity index (χ3n) is 4.22. The molecule has 0 radical (unpaired) electrons. The van der Waals surface area contributed by atoms with Gasteiger partial charge in [-0.25, -0.2) is 5.43 Å². The second-order valence-electron chi connectivity index (χ2n) is 6.59. The maximum atomic E-state index is 12.1. The molecule has 0 spiro atoms. The third-order valence-corrected chi connectivity index (χ3v) is 4.77. The number of hydrogen-bond donors (Lipinski definition) is 2. The Balaban J connectivity index is 1.87. The zero-order chi connectivity index (χ0) is 21.1. The molecule has 2 N–H and O–H groups in total. The highest BCUT2D eigenvalue weighted by atomic mass is 35.5. The fourth-order valence-electron chi connectivity index (χ4n) is 2.65. The molecule has 0 atom stereocenters. The summed E-state index contributed by atoms with van der Waals surface area (Å²) in [5.41, 5.74) is 4.85. The number of hydrazone groups is 1. The highest BCUT2D eigenvalue weighted by Crippen LogP contribution is 2.25. The number of rotatable bonds is 10. The van der Waals surface area contributed by atoms with Crippen molar-refractivity contribution in [2.24, 2.45) is 5.10 Å². The Morgan fingerprint density at radius 2 is 1.66 bits per heavy atom. The van der Waals surface area contributed by atoms with Crippen LogP contribution in [0.25, 0.3) is 0 Å². The van der Waals surface area contributed by atoms with Crippen LogP contribution in [0.15, 0.2) is 53.6 Å². The van der Waals surface area contributed by atoms with Crippen molar-refractivity contribution < 1.29 is 9.59 Å². The summed E-state index contributed by atoms with van der Waals surface area (Å²) in [6.45, 7) is 2.14. The minimum Gasteiger partial charge on any atom is -0.325 e. The molecular formula is C22H25Cl2N3O2. The summed E-state index contributed by atoms with van der Waals surface area (Å²) >= 11 is 11.9. The molecule has 0 unspecified atom stereocenters. The van der Waals surface area contributed by atoms with Crippen molar-refractivity contribution in [3.63, 3.8) is 0 Å². The van der Waals surface area contributed by atoms with Crippen molar-refractivity contribution in [1.82, 2.24) is 5.43 Å². The number of unbranched alkanes of at least 4 members (excludes halogenated alkanes) is 2. The van der Waals surface area contributed by atoms with Crippen molar-refractivity contribution in [3.8, 4) is 0 Å². The van der Waals surface area contributed by atoms with E-state index in [0.29, 0.717) is 15.7 Å². The highest BCUT2D eigenvalue weighted by molar-refractivity contribution is 6.36. The summed E-state index contributed by atoms with van der Waals surface area (Å²) in [5, 5.41) is 7.80. The van der Waals surface area contributed by atoms with E-state index in [1.54, 1.807) is 18.2 Å². The van der Waals surface area contributed by atoms with Gasteiger partial charge in [-0.2, -0.15) is 5.10 Å². The summed E-state index contributed by atoms with van der Waals surface area (Å²) in [4.78, 5) is 24.2. The van der Waals surface area contributed by atoms with Gasteiger partial charge in [0, 0.05) is 17.9 Å². The van der Waals surface area contributed by atoms with E-state index in [0.717, 1.165) is 37.0 Å². The largest absolute Gasteiger partial charge is 0.325 e. The van der Waals surface area contributed by atoms with Crippen molar-refractivity contribution in [3.05, 3.63) is 64.1 Å². The normalized spacial score (nSPS) is 11.2. The van der Waals surface area contributed by atoms with Crippen LogP contribution in [-0.4, -0.2) is 17.5 Å². The number of halogens is 2. The van der Waals surface area contributed by atoms with Gasteiger partial charge in [-0.1, -0.05) is 73.3 Å².